The monoisotopic (exact) mass is 490 g/mol. The molecule has 9 heteroatoms. The van der Waals surface area contributed by atoms with E-state index < -0.39 is 10.8 Å². The molecule has 3 aromatic carbocycles. The molecule has 0 aliphatic heterocycles. The van der Waals surface area contributed by atoms with Gasteiger partial charge in [-0.1, -0.05) is 24.3 Å². The van der Waals surface area contributed by atoms with Crippen molar-refractivity contribution in [3.8, 4) is 23.0 Å². The van der Waals surface area contributed by atoms with E-state index in [0.717, 1.165) is 11.1 Å². The van der Waals surface area contributed by atoms with Crippen molar-refractivity contribution in [3.05, 3.63) is 87.5 Å². The lowest BCUT2D eigenvalue weighted by Gasteiger charge is -2.13. The number of carbonyl (C=O) groups excluding carboxylic acids is 1. The Morgan fingerprint density at radius 1 is 0.833 bits per heavy atom. The number of amides is 1. The lowest BCUT2D eigenvalue weighted by Crippen LogP contribution is -2.09. The van der Waals surface area contributed by atoms with E-state index in [4.69, 9.17) is 18.9 Å². The van der Waals surface area contributed by atoms with Crippen LogP contribution in [-0.2, 0) is 4.79 Å². The normalized spacial score (nSPS) is 10.9. The smallest absolute Gasteiger partial charge is 0.270 e. The minimum absolute atomic E-state index is 0.0513. The predicted octanol–water partition coefficient (Wildman–Crippen LogP) is 5.45. The van der Waals surface area contributed by atoms with Crippen molar-refractivity contribution in [2.24, 2.45) is 0 Å². The summed E-state index contributed by atoms with van der Waals surface area (Å²) >= 11 is 0. The molecule has 0 heterocycles. The van der Waals surface area contributed by atoms with Crippen molar-refractivity contribution in [2.45, 2.75) is 0 Å². The zero-order valence-corrected chi connectivity index (χ0v) is 20.3. The van der Waals surface area contributed by atoms with Crippen molar-refractivity contribution in [3.63, 3.8) is 0 Å². The minimum Gasteiger partial charge on any atom is -0.497 e. The molecule has 3 rings (SSSR count). The first-order chi connectivity index (χ1) is 17.4. The summed E-state index contributed by atoms with van der Waals surface area (Å²) in [6, 6.07) is 14.9. The van der Waals surface area contributed by atoms with Gasteiger partial charge in [0.15, 0.2) is 11.5 Å². The van der Waals surface area contributed by atoms with Crippen LogP contribution in [0.4, 0.5) is 11.4 Å². The summed E-state index contributed by atoms with van der Waals surface area (Å²) in [5.74, 6) is 1.69. The number of hydrogen-bond acceptors (Lipinski definition) is 7. The van der Waals surface area contributed by atoms with Crippen LogP contribution in [0.15, 0.2) is 60.7 Å². The Kier molecular flexibility index (Phi) is 8.66. The molecule has 0 saturated carbocycles. The number of carbonyl (C=O) groups is 1. The van der Waals surface area contributed by atoms with Gasteiger partial charge in [-0.25, -0.2) is 0 Å². The number of anilines is 1. The lowest BCUT2D eigenvalue weighted by atomic mass is 10.1. The van der Waals surface area contributed by atoms with Crippen LogP contribution in [0.2, 0.25) is 0 Å². The maximum atomic E-state index is 12.6. The third-order valence-corrected chi connectivity index (χ3v) is 5.17. The van der Waals surface area contributed by atoms with E-state index in [-0.39, 0.29) is 5.69 Å². The number of nitro benzene ring substituents is 1. The van der Waals surface area contributed by atoms with E-state index in [1.165, 1.54) is 38.5 Å². The Morgan fingerprint density at radius 3 is 2.17 bits per heavy atom. The SMILES string of the molecule is COc1ccc(C=Cc2cc(OC)c(OC)c(OC)c2)c(NC(=O)/C=C/c2cccc([N+](=O)[O-])c2)c1. The van der Waals surface area contributed by atoms with Gasteiger partial charge in [0.2, 0.25) is 11.7 Å². The largest absolute Gasteiger partial charge is 0.497 e. The van der Waals surface area contributed by atoms with Crippen molar-refractivity contribution in [2.75, 3.05) is 33.8 Å². The summed E-state index contributed by atoms with van der Waals surface area (Å²) in [5.41, 5.74) is 2.52. The predicted molar refractivity (Wildman–Crippen MR) is 139 cm³/mol. The highest BCUT2D eigenvalue weighted by Crippen LogP contribution is 2.38. The van der Waals surface area contributed by atoms with Gasteiger partial charge in [0.05, 0.1) is 39.0 Å². The van der Waals surface area contributed by atoms with E-state index in [0.29, 0.717) is 34.2 Å². The Morgan fingerprint density at radius 2 is 1.56 bits per heavy atom. The Bertz CT molecular complexity index is 1290. The molecule has 0 aromatic heterocycles. The molecule has 0 bridgehead atoms. The zero-order valence-electron chi connectivity index (χ0n) is 20.3. The fourth-order valence-corrected chi connectivity index (χ4v) is 3.39. The molecular weight excluding hydrogens is 464 g/mol. The second-order valence-electron chi connectivity index (χ2n) is 7.42. The standard InChI is InChI=1S/C27H26N2O7/c1-33-22-12-11-20(10-8-19-15-24(34-2)27(36-4)25(16-19)35-3)23(17-22)28-26(30)13-9-18-6-5-7-21(14-18)29(31)32/h5-17H,1-4H3,(H,28,30)/b10-8?,13-9+. The average Bonchev–Trinajstić information content (AvgIpc) is 2.90. The topological polar surface area (TPSA) is 109 Å². The molecule has 186 valence electrons. The second-order valence-corrected chi connectivity index (χ2v) is 7.42. The van der Waals surface area contributed by atoms with Gasteiger partial charge >= 0.3 is 0 Å². The number of nitrogens with zero attached hydrogens (tertiary/aromatic N) is 1. The van der Waals surface area contributed by atoms with Crippen LogP contribution in [0.1, 0.15) is 16.7 Å². The van der Waals surface area contributed by atoms with Gasteiger partial charge < -0.3 is 24.3 Å². The van der Waals surface area contributed by atoms with Crippen molar-refractivity contribution in [1.29, 1.82) is 0 Å². The number of methoxy groups -OCH3 is 4. The van der Waals surface area contributed by atoms with Crippen LogP contribution in [-0.4, -0.2) is 39.3 Å². The maximum absolute atomic E-state index is 12.6. The Hall–Kier alpha value is -4.79. The fraction of sp³-hybridized carbons (Fsp3) is 0.148. The van der Waals surface area contributed by atoms with Gasteiger partial charge in [-0.15, -0.1) is 0 Å². The number of rotatable bonds is 10. The van der Waals surface area contributed by atoms with Gasteiger partial charge in [0, 0.05) is 24.3 Å². The molecule has 36 heavy (non-hydrogen) atoms. The first-order valence-corrected chi connectivity index (χ1v) is 10.8. The average molecular weight is 491 g/mol. The van der Waals surface area contributed by atoms with E-state index in [1.807, 2.05) is 18.2 Å². The Balaban J connectivity index is 1.86. The summed E-state index contributed by atoms with van der Waals surface area (Å²) in [6.45, 7) is 0. The summed E-state index contributed by atoms with van der Waals surface area (Å²) in [7, 11) is 6.16. The summed E-state index contributed by atoms with van der Waals surface area (Å²) < 4.78 is 21.5. The molecule has 9 nitrogen and oxygen atoms in total. The quantitative estimate of drug-likeness (QED) is 0.174. The van der Waals surface area contributed by atoms with E-state index in [9.17, 15) is 14.9 Å². The molecule has 0 saturated heterocycles. The second kappa shape index (κ2) is 12.1. The van der Waals surface area contributed by atoms with Crippen LogP contribution in [0.25, 0.3) is 18.2 Å². The molecule has 0 aliphatic rings. The van der Waals surface area contributed by atoms with Gasteiger partial charge in [0.1, 0.15) is 5.75 Å². The first-order valence-electron chi connectivity index (χ1n) is 10.8. The highest BCUT2D eigenvalue weighted by atomic mass is 16.6. The van der Waals surface area contributed by atoms with Crippen LogP contribution in [0, 0.1) is 10.1 Å². The van der Waals surface area contributed by atoms with Gasteiger partial charge in [-0.3, -0.25) is 14.9 Å². The van der Waals surface area contributed by atoms with Gasteiger partial charge in [-0.05, 0) is 47.0 Å². The van der Waals surface area contributed by atoms with Crippen LogP contribution < -0.4 is 24.3 Å². The number of nitro groups is 1. The maximum Gasteiger partial charge on any atom is 0.270 e. The number of benzene rings is 3. The zero-order chi connectivity index (χ0) is 26.1. The van der Waals surface area contributed by atoms with Gasteiger partial charge in [0.25, 0.3) is 5.69 Å². The third kappa shape index (κ3) is 6.41. The molecule has 0 spiro atoms. The molecule has 0 atom stereocenters. The fourth-order valence-electron chi connectivity index (χ4n) is 3.39. The van der Waals surface area contributed by atoms with E-state index >= 15 is 0 Å². The molecule has 0 radical (unpaired) electrons. The molecule has 3 aromatic rings. The number of hydrogen-bond donors (Lipinski definition) is 1. The minimum atomic E-state index is -0.486. The molecule has 1 amide bonds. The third-order valence-electron chi connectivity index (χ3n) is 5.17. The van der Waals surface area contributed by atoms with Gasteiger partial charge in [-0.2, -0.15) is 0 Å². The highest BCUT2D eigenvalue weighted by molar-refractivity contribution is 6.03. The van der Waals surface area contributed by atoms with E-state index in [1.54, 1.807) is 50.6 Å². The molecule has 0 fully saturated rings. The molecular formula is C27H26N2O7. The Labute approximate surface area is 208 Å². The van der Waals surface area contributed by atoms with Crippen LogP contribution in [0.5, 0.6) is 23.0 Å². The molecule has 0 aliphatic carbocycles. The van der Waals surface area contributed by atoms with Crippen LogP contribution in [0.3, 0.4) is 0 Å². The summed E-state index contributed by atoms with van der Waals surface area (Å²) in [5, 5.41) is 13.8. The van der Waals surface area contributed by atoms with E-state index in [2.05, 4.69) is 5.32 Å². The number of non-ortho nitro benzene ring substituents is 1. The summed E-state index contributed by atoms with van der Waals surface area (Å²) in [4.78, 5) is 23.1. The highest BCUT2D eigenvalue weighted by Gasteiger charge is 2.12. The molecule has 0 unspecified atom stereocenters. The van der Waals surface area contributed by atoms with Crippen molar-refractivity contribution < 1.29 is 28.7 Å². The number of ether oxygens (including phenoxy) is 4. The first kappa shape index (κ1) is 25.8. The lowest BCUT2D eigenvalue weighted by molar-refractivity contribution is -0.384. The van der Waals surface area contributed by atoms with Crippen molar-refractivity contribution >= 4 is 35.5 Å². The molecule has 1 N–H and O–H groups in total. The van der Waals surface area contributed by atoms with Crippen molar-refractivity contribution in [1.82, 2.24) is 0 Å². The van der Waals surface area contributed by atoms with Crippen LogP contribution >= 0.6 is 0 Å². The summed E-state index contributed by atoms with van der Waals surface area (Å²) in [6.07, 6.45) is 6.50. The number of nitrogens with one attached hydrogen (secondary N) is 1.